The number of hydrogen-bond donors (Lipinski definition) is 0. The molecule has 0 fully saturated rings. The first-order valence-electron chi connectivity index (χ1n) is 11.0. The second kappa shape index (κ2) is 11.4. The van der Waals surface area contributed by atoms with E-state index in [0.29, 0.717) is 0 Å². The van der Waals surface area contributed by atoms with Gasteiger partial charge in [0, 0.05) is 0 Å². The molecule has 0 atom stereocenters. The van der Waals surface area contributed by atoms with Crippen LogP contribution in [-0.2, 0) is 0 Å². The third-order valence-electron chi connectivity index (χ3n) is 7.08. The summed E-state index contributed by atoms with van der Waals surface area (Å²) in [6, 6.07) is 4.57. The van der Waals surface area contributed by atoms with Crippen molar-refractivity contribution in [2.45, 2.75) is 0 Å². The molecule has 0 aliphatic carbocycles. The lowest BCUT2D eigenvalue weighted by atomic mass is 10.3. The number of hydrogen-bond acceptors (Lipinski definition) is 0. The summed E-state index contributed by atoms with van der Waals surface area (Å²) < 4.78 is 0. The minimum Gasteiger partial charge on any atom is -0.106 e. The third-order valence-corrected chi connectivity index (χ3v) is 21.1. The SMILES string of the molecule is C=C[Si](C=C)(C=C)c1cc([Si](C=C)(C=C)C=C)c([Si](C=C)(C=C)C=C)cc1[Si](C=C)(C=C)C=C. The van der Waals surface area contributed by atoms with Crippen LogP contribution in [0, 0.1) is 0 Å². The average molecular weight is 511 g/mol. The van der Waals surface area contributed by atoms with Gasteiger partial charge in [-0.05, 0) is 20.7 Å². The number of benzene rings is 1. The van der Waals surface area contributed by atoms with Crippen molar-refractivity contribution in [3.8, 4) is 0 Å². The first-order chi connectivity index (χ1) is 16.2. The average Bonchev–Trinajstić information content (AvgIpc) is 2.90. The Morgan fingerprint density at radius 3 is 0.500 bits per heavy atom. The maximum atomic E-state index is 4.19. The van der Waals surface area contributed by atoms with Gasteiger partial charge in [0.1, 0.15) is 0 Å². The van der Waals surface area contributed by atoms with Crippen molar-refractivity contribution in [3.63, 3.8) is 0 Å². The fourth-order valence-electron chi connectivity index (χ4n) is 4.35. The van der Waals surface area contributed by atoms with E-state index < -0.39 is 32.3 Å². The Balaban J connectivity index is 4.76. The van der Waals surface area contributed by atoms with Crippen LogP contribution >= 0.6 is 0 Å². The normalized spacial score (nSPS) is 11.8. The Morgan fingerprint density at radius 1 is 0.294 bits per heavy atom. The highest BCUT2D eigenvalue weighted by Crippen LogP contribution is 2.18. The van der Waals surface area contributed by atoms with Gasteiger partial charge < -0.3 is 0 Å². The minimum atomic E-state index is -2.52. The molecule has 0 aliphatic rings. The van der Waals surface area contributed by atoms with Crippen molar-refractivity contribution in [1.29, 1.82) is 0 Å². The van der Waals surface area contributed by atoms with E-state index >= 15 is 0 Å². The fraction of sp³-hybridized carbons (Fsp3) is 0. The molecule has 0 nitrogen and oxygen atoms in total. The van der Waals surface area contributed by atoms with E-state index in [9.17, 15) is 0 Å². The van der Waals surface area contributed by atoms with Gasteiger partial charge in [0.2, 0.25) is 0 Å². The second-order valence-electron chi connectivity index (χ2n) is 8.12. The van der Waals surface area contributed by atoms with Crippen molar-refractivity contribution in [3.05, 3.63) is 159 Å². The van der Waals surface area contributed by atoms with E-state index in [0.717, 1.165) is 20.7 Å². The van der Waals surface area contributed by atoms with Gasteiger partial charge in [-0.15, -0.1) is 78.9 Å². The van der Waals surface area contributed by atoms with Crippen molar-refractivity contribution in [2.24, 2.45) is 0 Å². The van der Waals surface area contributed by atoms with E-state index in [2.05, 4.69) is 91.1 Å². The third kappa shape index (κ3) is 4.26. The van der Waals surface area contributed by atoms with Gasteiger partial charge in [0.15, 0.2) is 32.3 Å². The van der Waals surface area contributed by atoms with Crippen LogP contribution in [0.2, 0.25) is 0 Å². The quantitative estimate of drug-likeness (QED) is 0.274. The van der Waals surface area contributed by atoms with Gasteiger partial charge in [-0.25, -0.2) is 0 Å². The topological polar surface area (TPSA) is 0 Å². The van der Waals surface area contributed by atoms with Crippen LogP contribution in [0.1, 0.15) is 0 Å². The highest BCUT2D eigenvalue weighted by atomic mass is 28.3. The van der Waals surface area contributed by atoms with Gasteiger partial charge in [-0.1, -0.05) is 80.5 Å². The molecule has 0 aliphatic heterocycles. The molecule has 1 rings (SSSR count). The molecule has 0 aromatic heterocycles. The predicted octanol–water partition coefficient (Wildman–Crippen LogP) is 5.01. The van der Waals surface area contributed by atoms with Crippen molar-refractivity contribution < 1.29 is 0 Å². The molecule has 0 bridgehead atoms. The molecule has 0 heterocycles. The summed E-state index contributed by atoms with van der Waals surface area (Å²) in [5.41, 5.74) is 24.0. The van der Waals surface area contributed by atoms with Gasteiger partial charge >= 0.3 is 0 Å². The van der Waals surface area contributed by atoms with Gasteiger partial charge in [-0.2, -0.15) is 0 Å². The van der Waals surface area contributed by atoms with Crippen LogP contribution in [-0.4, -0.2) is 32.3 Å². The van der Waals surface area contributed by atoms with E-state index in [4.69, 9.17) is 0 Å². The molecule has 1 aromatic rings. The Morgan fingerprint density at radius 2 is 0.412 bits per heavy atom. The van der Waals surface area contributed by atoms with E-state index in [1.165, 1.54) is 0 Å². The minimum absolute atomic E-state index is 1.15. The van der Waals surface area contributed by atoms with Crippen LogP contribution in [0.4, 0.5) is 0 Å². The summed E-state index contributed by atoms with van der Waals surface area (Å²) in [7, 11) is -10.1. The summed E-state index contributed by atoms with van der Waals surface area (Å²) in [6.45, 7) is 50.3. The zero-order chi connectivity index (χ0) is 26.2. The molecule has 0 saturated carbocycles. The first kappa shape index (κ1) is 29.0. The van der Waals surface area contributed by atoms with Crippen molar-refractivity contribution >= 4 is 53.0 Å². The summed E-state index contributed by atoms with van der Waals surface area (Å²) in [5, 5.41) is 4.61. The molecule has 0 saturated heterocycles. The van der Waals surface area contributed by atoms with E-state index in [1.54, 1.807) is 0 Å². The Kier molecular flexibility index (Phi) is 9.72. The molecule has 0 radical (unpaired) electrons. The lowest BCUT2D eigenvalue weighted by Gasteiger charge is -2.37. The van der Waals surface area contributed by atoms with Gasteiger partial charge in [-0.3, -0.25) is 0 Å². The molecule has 174 valence electrons. The van der Waals surface area contributed by atoms with Gasteiger partial charge in [0.25, 0.3) is 0 Å². The van der Waals surface area contributed by atoms with E-state index in [1.807, 2.05) is 68.4 Å². The highest BCUT2D eigenvalue weighted by molar-refractivity contribution is 7.15. The molecular weight excluding hydrogens is 473 g/mol. The van der Waals surface area contributed by atoms with Crippen LogP contribution in [0.5, 0.6) is 0 Å². The molecule has 34 heavy (non-hydrogen) atoms. The zero-order valence-corrected chi connectivity index (χ0v) is 24.6. The van der Waals surface area contributed by atoms with Crippen LogP contribution in [0.3, 0.4) is 0 Å². The van der Waals surface area contributed by atoms with Crippen molar-refractivity contribution in [1.82, 2.24) is 0 Å². The Hall–Kier alpha value is -3.03. The number of rotatable bonds is 16. The monoisotopic (exact) mass is 510 g/mol. The lowest BCUT2D eigenvalue weighted by molar-refractivity contribution is 1.81. The summed E-state index contributed by atoms with van der Waals surface area (Å²) in [6.07, 6.45) is 0. The summed E-state index contributed by atoms with van der Waals surface area (Å²) >= 11 is 0. The largest absolute Gasteiger partial charge is 0.156 e. The highest BCUT2D eigenvalue weighted by Gasteiger charge is 2.41. The zero-order valence-electron chi connectivity index (χ0n) is 20.6. The maximum absolute atomic E-state index is 4.19. The first-order valence-corrected chi connectivity index (χ1v) is 19.9. The molecular formula is C30H38Si4. The maximum Gasteiger partial charge on any atom is 0.156 e. The Labute approximate surface area is 211 Å². The Bertz CT molecular complexity index is 842. The molecule has 4 heteroatoms. The standard InChI is InChI=1S/C30H38Si4/c1-13-31(14-2,15-3)27-25-29(33(19-7,20-8)21-9)30(34(22-10,23-11)24-12)26-28(27)32(16-4,17-5)18-6/h13-26H,1-12H2. The van der Waals surface area contributed by atoms with Crippen LogP contribution < -0.4 is 20.7 Å². The van der Waals surface area contributed by atoms with Crippen LogP contribution in [0.15, 0.2) is 159 Å². The summed E-state index contributed by atoms with van der Waals surface area (Å²) in [4.78, 5) is 0. The molecule has 0 unspecified atom stereocenters. The van der Waals surface area contributed by atoms with Gasteiger partial charge in [0.05, 0.1) is 0 Å². The molecule has 0 amide bonds. The van der Waals surface area contributed by atoms with Crippen molar-refractivity contribution in [2.75, 3.05) is 0 Å². The predicted molar refractivity (Wildman–Crippen MR) is 170 cm³/mol. The second-order valence-corrected chi connectivity index (χ2v) is 22.6. The lowest BCUT2D eigenvalue weighted by Crippen LogP contribution is -2.68. The molecule has 1 aromatic carbocycles. The summed E-state index contributed by atoms with van der Waals surface area (Å²) in [5.74, 6) is 0. The smallest absolute Gasteiger partial charge is 0.106 e. The molecule has 0 N–H and O–H groups in total. The molecule has 0 spiro atoms. The van der Waals surface area contributed by atoms with Crippen LogP contribution in [0.25, 0.3) is 0 Å². The fourth-order valence-corrected chi connectivity index (χ4v) is 15.6. The van der Waals surface area contributed by atoms with E-state index in [-0.39, 0.29) is 0 Å².